The van der Waals surface area contributed by atoms with Crippen molar-refractivity contribution >= 4 is 17.4 Å². The Morgan fingerprint density at radius 3 is 2.35 bits per heavy atom. The summed E-state index contributed by atoms with van der Waals surface area (Å²) >= 11 is 5.91. The summed E-state index contributed by atoms with van der Waals surface area (Å²) in [5.41, 5.74) is 8.08. The van der Waals surface area contributed by atoms with Crippen LogP contribution in [0.5, 0.6) is 0 Å². The molecule has 3 rings (SSSR count). The van der Waals surface area contributed by atoms with Crippen LogP contribution in [0.2, 0.25) is 5.02 Å². The molecule has 1 aliphatic heterocycles. The van der Waals surface area contributed by atoms with E-state index in [1.807, 2.05) is 24.3 Å². The maximum atomic E-state index is 13.0. The first-order chi connectivity index (χ1) is 12.5. The Balaban J connectivity index is 1.46. The molecule has 138 valence electrons. The third kappa shape index (κ3) is 5.13. The average molecular weight is 375 g/mol. The second-order valence-corrected chi connectivity index (χ2v) is 7.47. The molecule has 0 aliphatic carbocycles. The van der Waals surface area contributed by atoms with Crippen LogP contribution in [0.15, 0.2) is 48.5 Å². The van der Waals surface area contributed by atoms with E-state index in [4.69, 9.17) is 17.3 Å². The van der Waals surface area contributed by atoms with E-state index in [-0.39, 0.29) is 23.6 Å². The van der Waals surface area contributed by atoms with Crippen molar-refractivity contribution in [3.8, 4) is 0 Å². The standard InChI is InChI=1S/C21H24ClFN2O/c22-18-5-1-15(2-6-18)13-20(24)14-25-11-9-17(10-12-25)21(26)16-3-7-19(23)8-4-16/h1-8,17,20H,9-14,24H2. The van der Waals surface area contributed by atoms with Crippen molar-refractivity contribution in [2.24, 2.45) is 11.7 Å². The van der Waals surface area contributed by atoms with E-state index in [2.05, 4.69) is 4.90 Å². The van der Waals surface area contributed by atoms with E-state index >= 15 is 0 Å². The number of rotatable bonds is 6. The SMILES string of the molecule is NC(Cc1ccc(Cl)cc1)CN1CCC(C(=O)c2ccc(F)cc2)CC1. The van der Waals surface area contributed by atoms with E-state index in [0.717, 1.165) is 43.9 Å². The quantitative estimate of drug-likeness (QED) is 0.779. The van der Waals surface area contributed by atoms with Gasteiger partial charge in [-0.25, -0.2) is 4.39 Å². The van der Waals surface area contributed by atoms with Crippen LogP contribution in [-0.2, 0) is 6.42 Å². The summed E-state index contributed by atoms with van der Waals surface area (Å²) in [4.78, 5) is 14.9. The van der Waals surface area contributed by atoms with Gasteiger partial charge < -0.3 is 10.6 Å². The molecular weight excluding hydrogens is 351 g/mol. The lowest BCUT2D eigenvalue weighted by Gasteiger charge is -2.33. The number of likely N-dealkylation sites (tertiary alicyclic amines) is 1. The minimum Gasteiger partial charge on any atom is -0.326 e. The highest BCUT2D eigenvalue weighted by Gasteiger charge is 2.26. The summed E-state index contributed by atoms with van der Waals surface area (Å²) in [5.74, 6) is -0.176. The smallest absolute Gasteiger partial charge is 0.166 e. The molecule has 5 heteroatoms. The molecular formula is C21H24ClFN2O. The van der Waals surface area contributed by atoms with Gasteiger partial charge in [-0.2, -0.15) is 0 Å². The van der Waals surface area contributed by atoms with Gasteiger partial charge in [0.1, 0.15) is 5.82 Å². The van der Waals surface area contributed by atoms with Crippen molar-refractivity contribution in [3.63, 3.8) is 0 Å². The Labute approximate surface area is 158 Å². The summed E-state index contributed by atoms with van der Waals surface area (Å²) < 4.78 is 13.0. The molecule has 1 unspecified atom stereocenters. The van der Waals surface area contributed by atoms with Gasteiger partial charge in [-0.1, -0.05) is 23.7 Å². The highest BCUT2D eigenvalue weighted by molar-refractivity contribution is 6.30. The summed E-state index contributed by atoms with van der Waals surface area (Å²) in [5, 5.41) is 0.732. The number of nitrogens with zero attached hydrogens (tertiary/aromatic N) is 1. The lowest BCUT2D eigenvalue weighted by atomic mass is 9.88. The summed E-state index contributed by atoms with van der Waals surface area (Å²) in [6.07, 6.45) is 2.46. The van der Waals surface area contributed by atoms with Gasteiger partial charge in [0.05, 0.1) is 0 Å². The first-order valence-electron chi connectivity index (χ1n) is 9.03. The van der Waals surface area contributed by atoms with Gasteiger partial charge in [0.25, 0.3) is 0 Å². The Hall–Kier alpha value is -1.75. The summed E-state index contributed by atoms with van der Waals surface area (Å²) in [7, 11) is 0. The van der Waals surface area contributed by atoms with Crippen molar-refractivity contribution in [3.05, 3.63) is 70.5 Å². The second kappa shape index (κ2) is 8.76. The van der Waals surface area contributed by atoms with Gasteiger partial charge in [0.2, 0.25) is 0 Å². The molecule has 2 aromatic rings. The molecule has 0 bridgehead atoms. The number of nitrogens with two attached hydrogens (primary N) is 1. The molecule has 26 heavy (non-hydrogen) atoms. The minimum atomic E-state index is -0.314. The monoisotopic (exact) mass is 374 g/mol. The lowest BCUT2D eigenvalue weighted by molar-refractivity contribution is 0.0836. The Morgan fingerprint density at radius 2 is 1.73 bits per heavy atom. The zero-order valence-corrected chi connectivity index (χ0v) is 15.5. The average Bonchev–Trinajstić information content (AvgIpc) is 2.64. The predicted octanol–water partition coefficient (Wildman–Crippen LogP) is 3.94. The van der Waals surface area contributed by atoms with Gasteiger partial charge in [-0.15, -0.1) is 0 Å². The highest BCUT2D eigenvalue weighted by Crippen LogP contribution is 2.22. The van der Waals surface area contributed by atoms with Gasteiger partial charge in [0.15, 0.2) is 5.78 Å². The molecule has 2 aromatic carbocycles. The number of piperidine rings is 1. The fraction of sp³-hybridized carbons (Fsp3) is 0.381. The molecule has 3 nitrogen and oxygen atoms in total. The van der Waals surface area contributed by atoms with Crippen LogP contribution in [-0.4, -0.2) is 36.4 Å². The first kappa shape index (κ1) is 19.0. The number of benzene rings is 2. The topological polar surface area (TPSA) is 46.3 Å². The third-order valence-corrected chi connectivity index (χ3v) is 5.24. The number of carbonyl (C=O) groups is 1. The van der Waals surface area contributed by atoms with Crippen LogP contribution in [0.25, 0.3) is 0 Å². The molecule has 2 N–H and O–H groups in total. The Morgan fingerprint density at radius 1 is 1.12 bits per heavy atom. The molecule has 1 fully saturated rings. The molecule has 0 spiro atoms. The number of hydrogen-bond acceptors (Lipinski definition) is 3. The van der Waals surface area contributed by atoms with Crippen LogP contribution in [0.1, 0.15) is 28.8 Å². The van der Waals surface area contributed by atoms with Crippen LogP contribution in [0.4, 0.5) is 4.39 Å². The van der Waals surface area contributed by atoms with E-state index in [1.54, 1.807) is 12.1 Å². The fourth-order valence-electron chi connectivity index (χ4n) is 3.55. The Kier molecular flexibility index (Phi) is 6.41. The zero-order valence-electron chi connectivity index (χ0n) is 14.7. The Bertz CT molecular complexity index is 725. The van der Waals surface area contributed by atoms with Crippen molar-refractivity contribution in [2.45, 2.75) is 25.3 Å². The molecule has 1 aliphatic rings. The van der Waals surface area contributed by atoms with Gasteiger partial charge in [-0.05, 0) is 74.3 Å². The number of hydrogen-bond donors (Lipinski definition) is 1. The van der Waals surface area contributed by atoms with Crippen LogP contribution >= 0.6 is 11.6 Å². The maximum Gasteiger partial charge on any atom is 0.166 e. The van der Waals surface area contributed by atoms with Crippen molar-refractivity contribution < 1.29 is 9.18 Å². The van der Waals surface area contributed by atoms with E-state index in [1.165, 1.54) is 17.7 Å². The first-order valence-corrected chi connectivity index (χ1v) is 9.41. The molecule has 0 aromatic heterocycles. The largest absolute Gasteiger partial charge is 0.326 e. The second-order valence-electron chi connectivity index (χ2n) is 7.04. The van der Waals surface area contributed by atoms with Crippen LogP contribution < -0.4 is 5.73 Å². The molecule has 1 atom stereocenters. The highest BCUT2D eigenvalue weighted by atomic mass is 35.5. The third-order valence-electron chi connectivity index (χ3n) is 4.99. The molecule has 0 saturated carbocycles. The minimum absolute atomic E-state index is 0.0178. The normalized spacial score (nSPS) is 17.2. The number of ketones is 1. The molecule has 1 saturated heterocycles. The van der Waals surface area contributed by atoms with Crippen LogP contribution in [0, 0.1) is 11.7 Å². The maximum absolute atomic E-state index is 13.0. The number of Topliss-reactive ketones (excluding diaryl/α,β-unsaturated/α-hetero) is 1. The fourth-order valence-corrected chi connectivity index (χ4v) is 3.67. The summed E-state index contributed by atoms with van der Waals surface area (Å²) in [6, 6.07) is 13.7. The molecule has 0 amide bonds. The van der Waals surface area contributed by atoms with Gasteiger partial charge >= 0.3 is 0 Å². The van der Waals surface area contributed by atoms with Gasteiger partial charge in [-0.3, -0.25) is 4.79 Å². The van der Waals surface area contributed by atoms with Crippen LogP contribution in [0.3, 0.4) is 0 Å². The van der Waals surface area contributed by atoms with E-state index in [9.17, 15) is 9.18 Å². The predicted molar refractivity (Wildman–Crippen MR) is 103 cm³/mol. The van der Waals surface area contributed by atoms with Crippen molar-refractivity contribution in [1.82, 2.24) is 4.90 Å². The van der Waals surface area contributed by atoms with E-state index < -0.39 is 0 Å². The zero-order chi connectivity index (χ0) is 18.5. The number of halogens is 2. The number of carbonyl (C=O) groups excluding carboxylic acids is 1. The summed E-state index contributed by atoms with van der Waals surface area (Å²) in [6.45, 7) is 2.55. The van der Waals surface area contributed by atoms with Crippen molar-refractivity contribution in [1.29, 1.82) is 0 Å². The molecule has 1 heterocycles. The molecule has 0 radical (unpaired) electrons. The lowest BCUT2D eigenvalue weighted by Crippen LogP contribution is -2.43. The van der Waals surface area contributed by atoms with Gasteiger partial charge in [0, 0.05) is 29.1 Å². The van der Waals surface area contributed by atoms with Crippen molar-refractivity contribution in [2.75, 3.05) is 19.6 Å². The van der Waals surface area contributed by atoms with E-state index in [0.29, 0.717) is 5.56 Å².